The molecule has 0 unspecified atom stereocenters. The highest BCUT2D eigenvalue weighted by molar-refractivity contribution is 5.78. The molecule has 0 saturated carbocycles. The van der Waals surface area contributed by atoms with Crippen LogP contribution >= 0.6 is 0 Å². The molecule has 1 aromatic heterocycles. The third-order valence-corrected chi connectivity index (χ3v) is 4.21. The van der Waals surface area contributed by atoms with Gasteiger partial charge in [-0.1, -0.05) is 6.92 Å². The maximum atomic E-state index is 12.2. The summed E-state index contributed by atoms with van der Waals surface area (Å²) in [7, 11) is 2.09. The summed E-state index contributed by atoms with van der Waals surface area (Å²) in [5.41, 5.74) is 2.23. The molecule has 118 valence electrons. The Kier molecular flexibility index (Phi) is 5.39. The maximum absolute atomic E-state index is 12.2. The Labute approximate surface area is 127 Å². The van der Waals surface area contributed by atoms with Crippen LogP contribution in [0.5, 0.6) is 0 Å². The first-order chi connectivity index (χ1) is 9.95. The molecular weight excluding hydrogens is 264 g/mol. The van der Waals surface area contributed by atoms with Crippen LogP contribution in [0.15, 0.2) is 6.07 Å². The summed E-state index contributed by atoms with van der Waals surface area (Å²) in [6.45, 7) is 9.81. The average molecular weight is 292 g/mol. The van der Waals surface area contributed by atoms with Gasteiger partial charge in [-0.15, -0.1) is 0 Å². The second-order valence-corrected chi connectivity index (χ2v) is 6.56. The van der Waals surface area contributed by atoms with Crippen LogP contribution in [0.25, 0.3) is 0 Å². The lowest BCUT2D eigenvalue weighted by Crippen LogP contribution is -2.42. The van der Waals surface area contributed by atoms with Gasteiger partial charge in [-0.05, 0) is 52.3 Å². The lowest BCUT2D eigenvalue weighted by molar-refractivity contribution is -0.126. The van der Waals surface area contributed by atoms with Gasteiger partial charge < -0.3 is 10.2 Å². The first-order valence-electron chi connectivity index (χ1n) is 7.93. The molecule has 1 aromatic rings. The van der Waals surface area contributed by atoms with E-state index in [2.05, 4.69) is 42.3 Å². The van der Waals surface area contributed by atoms with E-state index in [1.807, 2.05) is 11.6 Å². The molecule has 0 radical (unpaired) electrons. The second-order valence-electron chi connectivity index (χ2n) is 6.56. The van der Waals surface area contributed by atoms with Crippen LogP contribution in [0.4, 0.5) is 0 Å². The monoisotopic (exact) mass is 292 g/mol. The minimum absolute atomic E-state index is 0.157. The van der Waals surface area contributed by atoms with E-state index in [0.717, 1.165) is 44.7 Å². The van der Waals surface area contributed by atoms with Gasteiger partial charge in [0.1, 0.15) is 0 Å². The molecule has 0 bridgehead atoms. The molecule has 0 aromatic carbocycles. The van der Waals surface area contributed by atoms with Crippen LogP contribution in [0.2, 0.25) is 0 Å². The van der Waals surface area contributed by atoms with Gasteiger partial charge in [0.25, 0.3) is 0 Å². The molecule has 21 heavy (non-hydrogen) atoms. The number of hydrogen-bond donors (Lipinski definition) is 1. The van der Waals surface area contributed by atoms with E-state index in [1.54, 1.807) is 0 Å². The molecule has 1 aliphatic rings. The number of rotatable bonds is 5. The minimum atomic E-state index is 0.157. The predicted octanol–water partition coefficient (Wildman–Crippen LogP) is 1.59. The number of carbonyl (C=O) groups is 1. The Hall–Kier alpha value is -1.36. The molecule has 5 heteroatoms. The fourth-order valence-electron chi connectivity index (χ4n) is 3.02. The van der Waals surface area contributed by atoms with E-state index in [1.165, 1.54) is 5.69 Å². The summed E-state index contributed by atoms with van der Waals surface area (Å²) in [6.07, 6.45) is 2.14. The third kappa shape index (κ3) is 4.56. The van der Waals surface area contributed by atoms with Gasteiger partial charge in [0, 0.05) is 25.3 Å². The zero-order valence-corrected chi connectivity index (χ0v) is 13.7. The van der Waals surface area contributed by atoms with Crippen LogP contribution < -0.4 is 5.32 Å². The Morgan fingerprint density at radius 3 is 2.90 bits per heavy atom. The SMILES string of the molecule is Cc1cc(C)n(C[C@@H](C)CNC(=O)[C@@H]2CCCN(C)C2)n1. The van der Waals surface area contributed by atoms with Crippen molar-refractivity contribution in [2.24, 2.45) is 11.8 Å². The number of nitrogens with one attached hydrogen (secondary N) is 1. The molecule has 1 amide bonds. The van der Waals surface area contributed by atoms with E-state index >= 15 is 0 Å². The maximum Gasteiger partial charge on any atom is 0.224 e. The smallest absolute Gasteiger partial charge is 0.224 e. The number of amides is 1. The van der Waals surface area contributed by atoms with Gasteiger partial charge >= 0.3 is 0 Å². The van der Waals surface area contributed by atoms with E-state index in [0.29, 0.717) is 5.92 Å². The number of carbonyl (C=O) groups excluding carboxylic acids is 1. The quantitative estimate of drug-likeness (QED) is 0.897. The van der Waals surface area contributed by atoms with Crippen LogP contribution in [-0.4, -0.2) is 47.3 Å². The molecule has 5 nitrogen and oxygen atoms in total. The van der Waals surface area contributed by atoms with E-state index in [4.69, 9.17) is 0 Å². The summed E-state index contributed by atoms with van der Waals surface area (Å²) in [5.74, 6) is 0.750. The number of aryl methyl sites for hydroxylation is 2. The molecule has 1 aliphatic heterocycles. The number of likely N-dealkylation sites (tertiary alicyclic amines) is 1. The Morgan fingerprint density at radius 1 is 1.52 bits per heavy atom. The van der Waals surface area contributed by atoms with Crippen LogP contribution in [0, 0.1) is 25.7 Å². The van der Waals surface area contributed by atoms with Crippen molar-refractivity contribution in [3.05, 3.63) is 17.5 Å². The molecule has 2 atom stereocenters. The number of nitrogens with zero attached hydrogens (tertiary/aromatic N) is 3. The van der Waals surface area contributed by atoms with Crippen molar-refractivity contribution < 1.29 is 4.79 Å². The van der Waals surface area contributed by atoms with E-state index < -0.39 is 0 Å². The zero-order valence-electron chi connectivity index (χ0n) is 13.7. The lowest BCUT2D eigenvalue weighted by atomic mass is 9.97. The third-order valence-electron chi connectivity index (χ3n) is 4.21. The highest BCUT2D eigenvalue weighted by Gasteiger charge is 2.23. The molecule has 0 spiro atoms. The second kappa shape index (κ2) is 7.07. The van der Waals surface area contributed by atoms with Crippen molar-refractivity contribution in [2.75, 3.05) is 26.7 Å². The fraction of sp³-hybridized carbons (Fsp3) is 0.750. The summed E-state index contributed by atoms with van der Waals surface area (Å²) in [6, 6.07) is 2.09. The standard InChI is InChI=1S/C16H28N4O/c1-12(10-20-14(3)8-13(2)18-20)9-17-16(21)15-6-5-7-19(4)11-15/h8,12,15H,5-7,9-11H2,1-4H3,(H,17,21)/t12-,15+/m0/s1. The molecule has 2 heterocycles. The van der Waals surface area contributed by atoms with Crippen molar-refractivity contribution in [1.82, 2.24) is 20.0 Å². The summed E-state index contributed by atoms with van der Waals surface area (Å²) < 4.78 is 2.03. The lowest BCUT2D eigenvalue weighted by Gasteiger charge is -2.29. The van der Waals surface area contributed by atoms with Gasteiger partial charge in [-0.25, -0.2) is 0 Å². The molecule has 0 aliphatic carbocycles. The summed E-state index contributed by atoms with van der Waals surface area (Å²) >= 11 is 0. The van der Waals surface area contributed by atoms with Crippen molar-refractivity contribution >= 4 is 5.91 Å². The van der Waals surface area contributed by atoms with Crippen LogP contribution in [0.1, 0.15) is 31.2 Å². The zero-order chi connectivity index (χ0) is 15.4. The molecule has 1 saturated heterocycles. The highest BCUT2D eigenvalue weighted by atomic mass is 16.1. The molecule has 1 N–H and O–H groups in total. The van der Waals surface area contributed by atoms with Gasteiger partial charge in [0.05, 0.1) is 11.6 Å². The van der Waals surface area contributed by atoms with Gasteiger partial charge in [-0.3, -0.25) is 9.48 Å². The Morgan fingerprint density at radius 2 is 2.29 bits per heavy atom. The first-order valence-corrected chi connectivity index (χ1v) is 7.93. The largest absolute Gasteiger partial charge is 0.355 e. The van der Waals surface area contributed by atoms with Crippen LogP contribution in [-0.2, 0) is 11.3 Å². The normalized spacial score (nSPS) is 21.2. The van der Waals surface area contributed by atoms with Crippen LogP contribution in [0.3, 0.4) is 0 Å². The molecular formula is C16H28N4O. The fourth-order valence-corrected chi connectivity index (χ4v) is 3.02. The molecule has 2 rings (SSSR count). The van der Waals surface area contributed by atoms with E-state index in [-0.39, 0.29) is 11.8 Å². The topological polar surface area (TPSA) is 50.2 Å². The summed E-state index contributed by atoms with van der Waals surface area (Å²) in [5, 5.41) is 7.59. The Bertz CT molecular complexity index is 483. The van der Waals surface area contributed by atoms with Gasteiger partial charge in [-0.2, -0.15) is 5.10 Å². The summed E-state index contributed by atoms with van der Waals surface area (Å²) in [4.78, 5) is 14.5. The predicted molar refractivity (Wildman–Crippen MR) is 84.1 cm³/mol. The first kappa shape index (κ1) is 16.0. The minimum Gasteiger partial charge on any atom is -0.355 e. The molecule has 1 fully saturated rings. The van der Waals surface area contributed by atoms with Crippen molar-refractivity contribution in [1.29, 1.82) is 0 Å². The van der Waals surface area contributed by atoms with Crippen molar-refractivity contribution in [3.8, 4) is 0 Å². The van der Waals surface area contributed by atoms with Gasteiger partial charge in [0.15, 0.2) is 0 Å². The van der Waals surface area contributed by atoms with Gasteiger partial charge in [0.2, 0.25) is 5.91 Å². The average Bonchev–Trinajstić information content (AvgIpc) is 2.74. The Balaban J connectivity index is 1.77. The highest BCUT2D eigenvalue weighted by Crippen LogP contribution is 2.15. The van der Waals surface area contributed by atoms with Crippen molar-refractivity contribution in [2.45, 2.75) is 40.2 Å². The number of aromatic nitrogens is 2. The van der Waals surface area contributed by atoms with Crippen molar-refractivity contribution in [3.63, 3.8) is 0 Å². The van der Waals surface area contributed by atoms with E-state index in [9.17, 15) is 4.79 Å². The number of hydrogen-bond acceptors (Lipinski definition) is 3. The number of piperidine rings is 1.